The molecule has 4 nitrogen and oxygen atoms in total. The number of benzene rings is 2. The largest absolute Gasteiger partial charge is 0.493 e. The van der Waals surface area contributed by atoms with E-state index in [0.717, 1.165) is 41.5 Å². The van der Waals surface area contributed by atoms with Gasteiger partial charge in [-0.25, -0.2) is 0 Å². The molecule has 0 fully saturated rings. The number of amides is 1. The summed E-state index contributed by atoms with van der Waals surface area (Å²) in [7, 11) is 0. The average molecular weight is 386 g/mol. The molecule has 1 atom stereocenters. The van der Waals surface area contributed by atoms with Crippen molar-refractivity contribution in [2.75, 3.05) is 18.5 Å². The zero-order chi connectivity index (χ0) is 20.6. The summed E-state index contributed by atoms with van der Waals surface area (Å²) in [5, 5.41) is 5.09. The molecule has 2 aromatic rings. The molecule has 0 saturated heterocycles. The number of rotatable bonds is 11. The molecule has 2 rings (SSSR count). The van der Waals surface area contributed by atoms with Gasteiger partial charge < -0.3 is 14.8 Å². The summed E-state index contributed by atoms with van der Waals surface area (Å²) in [6, 6.07) is 11.9. The molecule has 0 bridgehead atoms. The Balaban J connectivity index is 2.27. The number of ether oxygens (including phenoxy) is 2. The van der Waals surface area contributed by atoms with E-state index in [2.05, 4.69) is 26.1 Å². The number of carbonyl (C=O) groups is 1. The van der Waals surface area contributed by atoms with Gasteiger partial charge in [0.1, 0.15) is 11.4 Å². The summed E-state index contributed by atoms with van der Waals surface area (Å²) in [5.74, 6) is 1.21. The van der Waals surface area contributed by atoms with Crippen LogP contribution in [-0.4, -0.2) is 24.7 Å². The van der Waals surface area contributed by atoms with E-state index in [9.17, 15) is 4.79 Å². The Kier molecular flexibility index (Phi) is 8.31. The fourth-order valence-corrected chi connectivity index (χ4v) is 3.30. The fraction of sp³-hybridized carbons (Fsp3) is 0.542. The molecule has 0 aliphatic carbocycles. The van der Waals surface area contributed by atoms with Crippen molar-refractivity contribution >= 4 is 22.4 Å². The Bertz CT molecular complexity index is 772. The van der Waals surface area contributed by atoms with Crippen LogP contribution in [0.1, 0.15) is 60.3 Å². The highest BCUT2D eigenvalue weighted by Gasteiger charge is 2.33. The van der Waals surface area contributed by atoms with Gasteiger partial charge in [0, 0.05) is 23.1 Å². The second-order valence-corrected chi connectivity index (χ2v) is 7.94. The van der Waals surface area contributed by atoms with Crippen molar-refractivity contribution in [3.63, 3.8) is 0 Å². The van der Waals surface area contributed by atoms with Gasteiger partial charge in [-0.3, -0.25) is 4.79 Å². The first-order valence-electron chi connectivity index (χ1n) is 10.5. The van der Waals surface area contributed by atoms with E-state index >= 15 is 0 Å². The lowest BCUT2D eigenvalue weighted by Gasteiger charge is -2.28. The highest BCUT2D eigenvalue weighted by molar-refractivity contribution is 6.06. The number of anilines is 1. The molecule has 0 unspecified atom stereocenters. The normalized spacial score (nSPS) is 13.5. The van der Waals surface area contributed by atoms with E-state index in [1.807, 2.05) is 50.2 Å². The van der Waals surface area contributed by atoms with Crippen LogP contribution in [0.2, 0.25) is 0 Å². The van der Waals surface area contributed by atoms with Crippen molar-refractivity contribution in [3.05, 3.63) is 36.4 Å². The van der Waals surface area contributed by atoms with Crippen LogP contribution in [0.25, 0.3) is 10.8 Å². The number of nitrogens with one attached hydrogen (secondary N) is 1. The number of hydrogen-bond acceptors (Lipinski definition) is 3. The molecule has 1 N–H and O–H groups in total. The Morgan fingerprint density at radius 1 is 1.07 bits per heavy atom. The van der Waals surface area contributed by atoms with Crippen LogP contribution in [0.15, 0.2) is 36.4 Å². The van der Waals surface area contributed by atoms with Crippen molar-refractivity contribution in [1.29, 1.82) is 0 Å². The first-order valence-corrected chi connectivity index (χ1v) is 10.5. The molecule has 0 aliphatic heterocycles. The minimum absolute atomic E-state index is 0.0912. The average Bonchev–Trinajstić information content (AvgIpc) is 2.67. The molecule has 1 amide bonds. The Hall–Kier alpha value is -2.07. The second-order valence-electron chi connectivity index (χ2n) is 7.94. The SMILES string of the molecule is CCCCC[C@](C)(OCC)C(=O)Nc1ccc(OCC(C)C)c2ccccc12. The monoisotopic (exact) mass is 385 g/mol. The van der Waals surface area contributed by atoms with Crippen LogP contribution in [0.5, 0.6) is 5.75 Å². The zero-order valence-electron chi connectivity index (χ0n) is 18.0. The fourth-order valence-electron chi connectivity index (χ4n) is 3.30. The third-order valence-electron chi connectivity index (χ3n) is 4.91. The Labute approximate surface area is 169 Å². The highest BCUT2D eigenvalue weighted by Crippen LogP contribution is 2.33. The first kappa shape index (κ1) is 22.2. The Morgan fingerprint density at radius 2 is 1.79 bits per heavy atom. The van der Waals surface area contributed by atoms with Gasteiger partial charge in [0.2, 0.25) is 0 Å². The highest BCUT2D eigenvalue weighted by atomic mass is 16.5. The summed E-state index contributed by atoms with van der Waals surface area (Å²) in [4.78, 5) is 13.1. The summed E-state index contributed by atoms with van der Waals surface area (Å²) in [5.41, 5.74) is -0.0309. The molecule has 154 valence electrons. The molecule has 0 aliphatic rings. The number of fused-ring (bicyclic) bond motifs is 1. The van der Waals surface area contributed by atoms with Gasteiger partial charge in [0.05, 0.1) is 6.61 Å². The van der Waals surface area contributed by atoms with Crippen molar-refractivity contribution < 1.29 is 14.3 Å². The number of hydrogen-bond donors (Lipinski definition) is 1. The van der Waals surface area contributed by atoms with Gasteiger partial charge in [-0.1, -0.05) is 64.3 Å². The third-order valence-corrected chi connectivity index (χ3v) is 4.91. The van der Waals surface area contributed by atoms with Crippen molar-refractivity contribution in [3.8, 4) is 5.75 Å². The smallest absolute Gasteiger partial charge is 0.256 e. The van der Waals surface area contributed by atoms with Crippen LogP contribution < -0.4 is 10.1 Å². The maximum atomic E-state index is 13.1. The predicted octanol–water partition coefficient (Wildman–Crippen LogP) is 6.19. The number of unbranched alkanes of at least 4 members (excludes halogenated alkanes) is 2. The molecular formula is C24H35NO3. The molecular weight excluding hydrogens is 350 g/mol. The molecule has 28 heavy (non-hydrogen) atoms. The van der Waals surface area contributed by atoms with E-state index in [4.69, 9.17) is 9.47 Å². The van der Waals surface area contributed by atoms with Gasteiger partial charge in [-0.05, 0) is 38.3 Å². The lowest BCUT2D eigenvalue weighted by atomic mass is 9.96. The molecule has 0 saturated carbocycles. The molecule has 2 aromatic carbocycles. The van der Waals surface area contributed by atoms with E-state index in [1.165, 1.54) is 0 Å². The van der Waals surface area contributed by atoms with Gasteiger partial charge in [-0.15, -0.1) is 0 Å². The van der Waals surface area contributed by atoms with Gasteiger partial charge in [0.15, 0.2) is 0 Å². The zero-order valence-corrected chi connectivity index (χ0v) is 18.0. The van der Waals surface area contributed by atoms with Crippen LogP contribution in [0.4, 0.5) is 5.69 Å². The van der Waals surface area contributed by atoms with Crippen molar-refractivity contribution in [2.24, 2.45) is 5.92 Å². The van der Waals surface area contributed by atoms with Crippen molar-refractivity contribution in [1.82, 2.24) is 0 Å². The molecule has 0 spiro atoms. The lowest BCUT2D eigenvalue weighted by Crippen LogP contribution is -2.42. The van der Waals surface area contributed by atoms with E-state index < -0.39 is 5.60 Å². The van der Waals surface area contributed by atoms with Crippen LogP contribution in [0.3, 0.4) is 0 Å². The third kappa shape index (κ3) is 5.71. The predicted molar refractivity (Wildman–Crippen MR) is 117 cm³/mol. The second kappa shape index (κ2) is 10.5. The van der Waals surface area contributed by atoms with E-state index in [0.29, 0.717) is 25.6 Å². The molecule has 4 heteroatoms. The van der Waals surface area contributed by atoms with Crippen LogP contribution in [0, 0.1) is 5.92 Å². The summed E-state index contributed by atoms with van der Waals surface area (Å²) < 4.78 is 11.8. The van der Waals surface area contributed by atoms with E-state index in [-0.39, 0.29) is 5.91 Å². The maximum Gasteiger partial charge on any atom is 0.256 e. The quantitative estimate of drug-likeness (QED) is 0.469. The van der Waals surface area contributed by atoms with Crippen molar-refractivity contribution in [2.45, 2.75) is 65.9 Å². The summed E-state index contributed by atoms with van der Waals surface area (Å²) >= 11 is 0. The van der Waals surface area contributed by atoms with Gasteiger partial charge in [-0.2, -0.15) is 0 Å². The summed E-state index contributed by atoms with van der Waals surface area (Å²) in [6.45, 7) is 11.4. The minimum atomic E-state index is -0.822. The standard InChI is InChI=1S/C24H35NO3/c1-6-8-11-16-24(5,28-7-2)23(26)25-21-14-15-22(27-17-18(3)4)20-13-10-9-12-19(20)21/h9-10,12-15,18H,6-8,11,16-17H2,1-5H3,(H,25,26)/t24-/m0/s1. The van der Waals surface area contributed by atoms with Gasteiger partial charge >= 0.3 is 0 Å². The van der Waals surface area contributed by atoms with E-state index in [1.54, 1.807) is 0 Å². The number of carbonyl (C=O) groups excluding carboxylic acids is 1. The maximum absolute atomic E-state index is 13.1. The van der Waals surface area contributed by atoms with Crippen LogP contribution >= 0.6 is 0 Å². The topological polar surface area (TPSA) is 47.6 Å². The molecule has 0 radical (unpaired) electrons. The van der Waals surface area contributed by atoms with Gasteiger partial charge in [0.25, 0.3) is 5.91 Å². The van der Waals surface area contributed by atoms with Crippen LogP contribution in [-0.2, 0) is 9.53 Å². The first-order chi connectivity index (χ1) is 13.4. The Morgan fingerprint density at radius 3 is 2.43 bits per heavy atom. The molecule has 0 aromatic heterocycles. The molecule has 0 heterocycles. The lowest BCUT2D eigenvalue weighted by molar-refractivity contribution is -0.139. The summed E-state index contributed by atoms with van der Waals surface area (Å²) in [6.07, 6.45) is 3.91. The minimum Gasteiger partial charge on any atom is -0.493 e.